The zero-order chi connectivity index (χ0) is 13.8. The quantitative estimate of drug-likeness (QED) is 0.843. The van der Waals surface area contributed by atoms with Crippen LogP contribution in [0.1, 0.15) is 30.5 Å². The number of hydrogen-bond acceptors (Lipinski definition) is 3. The molecule has 2 N–H and O–H groups in total. The minimum Gasteiger partial charge on any atom is -0.315 e. The van der Waals surface area contributed by atoms with Crippen LogP contribution in [0, 0.1) is 0 Å². The highest BCUT2D eigenvalue weighted by molar-refractivity contribution is 5.95. The van der Waals surface area contributed by atoms with Crippen LogP contribution in [0.2, 0.25) is 0 Å². The zero-order valence-electron chi connectivity index (χ0n) is 12.0. The third-order valence-corrected chi connectivity index (χ3v) is 3.80. The number of fused-ring (bicyclic) bond motifs is 1. The van der Waals surface area contributed by atoms with Gasteiger partial charge in [-0.2, -0.15) is 0 Å². The molecule has 1 aliphatic rings. The number of carbonyl (C=O) groups excluding carboxylic acids is 1. The molecule has 4 nitrogen and oxygen atoms in total. The lowest BCUT2D eigenvalue weighted by atomic mass is 9.96. The first kappa shape index (κ1) is 14.0. The Morgan fingerprint density at radius 2 is 2.16 bits per heavy atom. The van der Waals surface area contributed by atoms with Crippen molar-refractivity contribution in [1.82, 2.24) is 10.6 Å². The molecule has 1 heterocycles. The van der Waals surface area contributed by atoms with Crippen molar-refractivity contribution in [2.75, 3.05) is 32.1 Å². The van der Waals surface area contributed by atoms with Gasteiger partial charge >= 0.3 is 0 Å². The molecule has 2 rings (SSSR count). The van der Waals surface area contributed by atoms with Crippen molar-refractivity contribution in [1.29, 1.82) is 0 Å². The van der Waals surface area contributed by atoms with Gasteiger partial charge < -0.3 is 15.5 Å². The van der Waals surface area contributed by atoms with Gasteiger partial charge in [-0.15, -0.1) is 0 Å². The van der Waals surface area contributed by atoms with Gasteiger partial charge in [-0.05, 0) is 37.2 Å². The van der Waals surface area contributed by atoms with Gasteiger partial charge in [0.2, 0.25) is 5.91 Å². The summed E-state index contributed by atoms with van der Waals surface area (Å²) < 4.78 is 0. The number of aryl methyl sites for hydroxylation is 1. The SMILES string of the molecule is CCNCC(NC)c1ccc2c(c1)CCC(=O)N2C. The van der Waals surface area contributed by atoms with E-state index in [0.29, 0.717) is 12.5 Å². The van der Waals surface area contributed by atoms with Crippen LogP contribution in [-0.4, -0.2) is 33.1 Å². The van der Waals surface area contributed by atoms with Crippen molar-refractivity contribution in [2.24, 2.45) is 0 Å². The lowest BCUT2D eigenvalue weighted by Gasteiger charge is -2.27. The van der Waals surface area contributed by atoms with Crippen LogP contribution in [0.3, 0.4) is 0 Å². The minimum absolute atomic E-state index is 0.207. The summed E-state index contributed by atoms with van der Waals surface area (Å²) in [7, 11) is 3.84. The normalized spacial score (nSPS) is 16.4. The molecule has 0 saturated carbocycles. The molecule has 1 aromatic rings. The summed E-state index contributed by atoms with van der Waals surface area (Å²) in [5.74, 6) is 0.207. The molecule has 1 unspecified atom stereocenters. The summed E-state index contributed by atoms with van der Waals surface area (Å²) >= 11 is 0. The van der Waals surface area contributed by atoms with Crippen LogP contribution < -0.4 is 15.5 Å². The van der Waals surface area contributed by atoms with Crippen molar-refractivity contribution in [2.45, 2.75) is 25.8 Å². The van der Waals surface area contributed by atoms with Crippen molar-refractivity contribution < 1.29 is 4.79 Å². The molecular weight excluding hydrogens is 238 g/mol. The van der Waals surface area contributed by atoms with Gasteiger partial charge in [-0.25, -0.2) is 0 Å². The lowest BCUT2D eigenvalue weighted by Crippen LogP contribution is -2.32. The molecule has 104 valence electrons. The number of nitrogens with one attached hydrogen (secondary N) is 2. The fraction of sp³-hybridized carbons (Fsp3) is 0.533. The Balaban J connectivity index is 2.23. The average Bonchev–Trinajstić information content (AvgIpc) is 2.44. The molecule has 1 aromatic carbocycles. The Hall–Kier alpha value is -1.39. The molecule has 0 aliphatic carbocycles. The van der Waals surface area contributed by atoms with E-state index in [1.807, 2.05) is 14.1 Å². The molecular formula is C15H23N3O. The van der Waals surface area contributed by atoms with E-state index in [9.17, 15) is 4.79 Å². The molecule has 19 heavy (non-hydrogen) atoms. The van der Waals surface area contributed by atoms with Gasteiger partial charge in [0, 0.05) is 31.7 Å². The topological polar surface area (TPSA) is 44.4 Å². The van der Waals surface area contributed by atoms with Crippen LogP contribution in [0.5, 0.6) is 0 Å². The van der Waals surface area contributed by atoms with Gasteiger partial charge in [-0.3, -0.25) is 4.79 Å². The summed E-state index contributed by atoms with van der Waals surface area (Å²) in [6.45, 7) is 4.00. The first-order valence-corrected chi connectivity index (χ1v) is 6.94. The van der Waals surface area contributed by atoms with E-state index in [4.69, 9.17) is 0 Å². The highest BCUT2D eigenvalue weighted by Crippen LogP contribution is 2.29. The number of hydrogen-bond donors (Lipinski definition) is 2. The Kier molecular flexibility index (Phi) is 4.56. The maximum atomic E-state index is 11.7. The maximum absolute atomic E-state index is 11.7. The van der Waals surface area contributed by atoms with Crippen molar-refractivity contribution in [3.8, 4) is 0 Å². The predicted molar refractivity (Wildman–Crippen MR) is 78.5 cm³/mol. The third-order valence-electron chi connectivity index (χ3n) is 3.80. The van der Waals surface area contributed by atoms with Gasteiger partial charge in [0.15, 0.2) is 0 Å². The largest absolute Gasteiger partial charge is 0.315 e. The van der Waals surface area contributed by atoms with Gasteiger partial charge in [0.05, 0.1) is 0 Å². The van der Waals surface area contributed by atoms with E-state index in [0.717, 1.165) is 25.2 Å². The van der Waals surface area contributed by atoms with Crippen LogP contribution in [0.15, 0.2) is 18.2 Å². The molecule has 4 heteroatoms. The Morgan fingerprint density at radius 3 is 2.84 bits per heavy atom. The Bertz CT molecular complexity index is 459. The molecule has 0 spiro atoms. The fourth-order valence-corrected chi connectivity index (χ4v) is 2.57. The maximum Gasteiger partial charge on any atom is 0.227 e. The van der Waals surface area contributed by atoms with Gasteiger partial charge in [-0.1, -0.05) is 19.1 Å². The van der Waals surface area contributed by atoms with Crippen LogP contribution in [0.25, 0.3) is 0 Å². The van der Waals surface area contributed by atoms with E-state index in [1.165, 1.54) is 11.1 Å². The fourth-order valence-electron chi connectivity index (χ4n) is 2.57. The Morgan fingerprint density at radius 1 is 1.37 bits per heavy atom. The molecule has 0 radical (unpaired) electrons. The summed E-state index contributed by atoms with van der Waals surface area (Å²) in [6.07, 6.45) is 1.47. The second-order valence-corrected chi connectivity index (χ2v) is 4.99. The highest BCUT2D eigenvalue weighted by atomic mass is 16.2. The average molecular weight is 261 g/mol. The van der Waals surface area contributed by atoms with Gasteiger partial charge in [0.25, 0.3) is 0 Å². The summed E-state index contributed by atoms with van der Waals surface area (Å²) in [5.41, 5.74) is 3.61. The molecule has 0 saturated heterocycles. The van der Waals surface area contributed by atoms with Crippen LogP contribution >= 0.6 is 0 Å². The molecule has 1 atom stereocenters. The predicted octanol–water partition coefficient (Wildman–Crippen LogP) is 1.47. The molecule has 0 fully saturated rings. The second kappa shape index (κ2) is 6.17. The summed E-state index contributed by atoms with van der Waals surface area (Å²) in [5, 5.41) is 6.70. The standard InChI is InChI=1S/C15H23N3O/c1-4-17-10-13(16-2)11-5-7-14-12(9-11)6-8-15(19)18(14)3/h5,7,9,13,16-17H,4,6,8,10H2,1-3H3. The minimum atomic E-state index is 0.207. The first-order valence-electron chi connectivity index (χ1n) is 6.94. The van der Waals surface area contributed by atoms with E-state index in [1.54, 1.807) is 4.90 Å². The van der Waals surface area contributed by atoms with E-state index < -0.39 is 0 Å². The number of amides is 1. The number of likely N-dealkylation sites (N-methyl/N-ethyl adjacent to an activating group) is 2. The number of anilines is 1. The third kappa shape index (κ3) is 2.96. The number of carbonyl (C=O) groups is 1. The Labute approximate surface area is 115 Å². The molecule has 1 amide bonds. The van der Waals surface area contributed by atoms with E-state index in [-0.39, 0.29) is 5.91 Å². The zero-order valence-corrected chi connectivity index (χ0v) is 12.0. The van der Waals surface area contributed by atoms with E-state index in [2.05, 4.69) is 35.8 Å². The number of nitrogens with zero attached hydrogens (tertiary/aromatic N) is 1. The van der Waals surface area contributed by atoms with Gasteiger partial charge in [0.1, 0.15) is 0 Å². The highest BCUT2D eigenvalue weighted by Gasteiger charge is 2.21. The monoisotopic (exact) mass is 261 g/mol. The number of rotatable bonds is 5. The second-order valence-electron chi connectivity index (χ2n) is 4.99. The van der Waals surface area contributed by atoms with Crippen LogP contribution in [-0.2, 0) is 11.2 Å². The van der Waals surface area contributed by atoms with Crippen molar-refractivity contribution in [3.05, 3.63) is 29.3 Å². The van der Waals surface area contributed by atoms with Crippen LogP contribution in [0.4, 0.5) is 5.69 Å². The molecule has 0 aromatic heterocycles. The summed E-state index contributed by atoms with van der Waals surface area (Å²) in [4.78, 5) is 13.4. The lowest BCUT2D eigenvalue weighted by molar-refractivity contribution is -0.118. The van der Waals surface area contributed by atoms with Crippen molar-refractivity contribution >= 4 is 11.6 Å². The van der Waals surface area contributed by atoms with E-state index >= 15 is 0 Å². The first-order chi connectivity index (χ1) is 9.17. The summed E-state index contributed by atoms with van der Waals surface area (Å²) in [6, 6.07) is 6.73. The number of benzene rings is 1. The van der Waals surface area contributed by atoms with Crippen molar-refractivity contribution in [3.63, 3.8) is 0 Å². The molecule has 0 bridgehead atoms. The smallest absolute Gasteiger partial charge is 0.227 e. The molecule has 1 aliphatic heterocycles.